The van der Waals surface area contributed by atoms with Crippen LogP contribution in [0.3, 0.4) is 0 Å². The highest BCUT2D eigenvalue weighted by molar-refractivity contribution is 5.95. The van der Waals surface area contributed by atoms with Gasteiger partial charge in [0, 0.05) is 44.1 Å². The van der Waals surface area contributed by atoms with Crippen molar-refractivity contribution in [1.82, 2.24) is 4.90 Å². The Hall–Kier alpha value is -1.59. The average Bonchev–Trinajstić information content (AvgIpc) is 2.52. The van der Waals surface area contributed by atoms with Crippen LogP contribution in [0, 0.1) is 0 Å². The Morgan fingerprint density at radius 1 is 1.55 bits per heavy atom. The second kappa shape index (κ2) is 8.15. The summed E-state index contributed by atoms with van der Waals surface area (Å²) < 4.78 is 5.08. The van der Waals surface area contributed by atoms with Gasteiger partial charge in [-0.1, -0.05) is 6.07 Å². The highest BCUT2D eigenvalue weighted by Crippen LogP contribution is 2.17. The van der Waals surface area contributed by atoms with Gasteiger partial charge in [0.05, 0.1) is 6.10 Å². The molecule has 2 atom stereocenters. The number of amides is 1. The molecule has 5 heteroatoms. The first-order chi connectivity index (χ1) is 10.6. The van der Waals surface area contributed by atoms with E-state index >= 15 is 0 Å². The predicted molar refractivity (Wildman–Crippen MR) is 87.2 cm³/mol. The fourth-order valence-electron chi connectivity index (χ4n) is 2.72. The van der Waals surface area contributed by atoms with Crippen LogP contribution in [0.15, 0.2) is 24.3 Å². The fourth-order valence-corrected chi connectivity index (χ4v) is 2.72. The van der Waals surface area contributed by atoms with Crippen LogP contribution in [0.2, 0.25) is 0 Å². The number of nitrogens with zero attached hydrogens (tertiary/aromatic N) is 1. The SMILES string of the molecule is COCCC(C)Nc1cccc(C(=O)N2CCCC(O)C2)c1. The van der Waals surface area contributed by atoms with Crippen LogP contribution in [0.25, 0.3) is 0 Å². The quantitative estimate of drug-likeness (QED) is 0.845. The third kappa shape index (κ3) is 4.71. The third-order valence-corrected chi connectivity index (χ3v) is 3.96. The predicted octanol–water partition coefficient (Wildman–Crippen LogP) is 2.12. The van der Waals surface area contributed by atoms with Gasteiger partial charge in [0.2, 0.25) is 0 Å². The van der Waals surface area contributed by atoms with Gasteiger partial charge in [-0.3, -0.25) is 4.79 Å². The van der Waals surface area contributed by atoms with Crippen LogP contribution < -0.4 is 5.32 Å². The molecule has 1 aromatic rings. The van der Waals surface area contributed by atoms with Crippen LogP contribution in [-0.4, -0.2) is 54.9 Å². The lowest BCUT2D eigenvalue weighted by atomic mass is 10.1. The lowest BCUT2D eigenvalue weighted by molar-refractivity contribution is 0.0474. The largest absolute Gasteiger partial charge is 0.391 e. The monoisotopic (exact) mass is 306 g/mol. The maximum Gasteiger partial charge on any atom is 0.254 e. The van der Waals surface area contributed by atoms with Gasteiger partial charge in [-0.2, -0.15) is 0 Å². The number of β-amino-alcohol motifs (C(OH)–C–C–N with tert-alkyl or cyclic N) is 1. The number of carbonyl (C=O) groups excluding carboxylic acids is 1. The van der Waals surface area contributed by atoms with Gasteiger partial charge in [0.25, 0.3) is 5.91 Å². The van der Waals surface area contributed by atoms with Gasteiger partial charge in [-0.25, -0.2) is 0 Å². The molecule has 1 aliphatic heterocycles. The first-order valence-corrected chi connectivity index (χ1v) is 7.93. The van der Waals surface area contributed by atoms with Gasteiger partial charge in [0.1, 0.15) is 0 Å². The molecule has 1 fully saturated rings. The number of carbonyl (C=O) groups is 1. The van der Waals surface area contributed by atoms with E-state index in [-0.39, 0.29) is 11.9 Å². The number of hydrogen-bond acceptors (Lipinski definition) is 4. The van der Waals surface area contributed by atoms with Crippen molar-refractivity contribution in [2.75, 3.05) is 32.1 Å². The molecule has 5 nitrogen and oxygen atoms in total. The molecular formula is C17H26N2O3. The van der Waals surface area contributed by atoms with E-state index < -0.39 is 6.10 Å². The van der Waals surface area contributed by atoms with E-state index in [0.29, 0.717) is 18.7 Å². The Morgan fingerprint density at radius 3 is 3.09 bits per heavy atom. The highest BCUT2D eigenvalue weighted by Gasteiger charge is 2.23. The molecule has 2 rings (SSSR count). The number of benzene rings is 1. The summed E-state index contributed by atoms with van der Waals surface area (Å²) in [4.78, 5) is 14.3. The summed E-state index contributed by atoms with van der Waals surface area (Å²) in [5.41, 5.74) is 1.60. The topological polar surface area (TPSA) is 61.8 Å². The van der Waals surface area contributed by atoms with Gasteiger partial charge >= 0.3 is 0 Å². The van der Waals surface area contributed by atoms with Gasteiger partial charge in [0.15, 0.2) is 0 Å². The first-order valence-electron chi connectivity index (χ1n) is 7.93. The molecule has 0 aromatic heterocycles. The lowest BCUT2D eigenvalue weighted by Crippen LogP contribution is -2.42. The molecule has 1 aliphatic rings. The standard InChI is InChI=1S/C17H26N2O3/c1-13(8-10-22-2)18-15-6-3-5-14(11-15)17(21)19-9-4-7-16(20)12-19/h3,5-6,11,13,16,18,20H,4,7-10,12H2,1-2H3. The molecule has 2 N–H and O–H groups in total. The minimum atomic E-state index is -0.395. The van der Waals surface area contributed by atoms with Crippen LogP contribution in [0.5, 0.6) is 0 Å². The molecule has 22 heavy (non-hydrogen) atoms. The molecule has 0 spiro atoms. The molecule has 0 saturated carbocycles. The van der Waals surface area contributed by atoms with Crippen molar-refractivity contribution in [2.24, 2.45) is 0 Å². The Labute approximate surface area is 132 Å². The molecule has 1 aromatic carbocycles. The van der Waals surface area contributed by atoms with Crippen molar-refractivity contribution < 1.29 is 14.6 Å². The maximum absolute atomic E-state index is 12.5. The van der Waals surface area contributed by atoms with E-state index in [9.17, 15) is 9.90 Å². The fraction of sp³-hybridized carbons (Fsp3) is 0.588. The molecule has 0 bridgehead atoms. The molecule has 2 unspecified atom stereocenters. The van der Waals surface area contributed by atoms with E-state index in [1.165, 1.54) is 0 Å². The Bertz CT molecular complexity index is 493. The van der Waals surface area contributed by atoms with E-state index in [0.717, 1.165) is 31.5 Å². The van der Waals surface area contributed by atoms with Crippen molar-refractivity contribution in [1.29, 1.82) is 0 Å². The van der Waals surface area contributed by atoms with E-state index in [1.807, 2.05) is 24.3 Å². The Kier molecular flexibility index (Phi) is 6.21. The van der Waals surface area contributed by atoms with Crippen molar-refractivity contribution in [2.45, 2.75) is 38.3 Å². The van der Waals surface area contributed by atoms with E-state index in [4.69, 9.17) is 4.74 Å². The average molecular weight is 306 g/mol. The van der Waals surface area contributed by atoms with Crippen LogP contribution in [0.1, 0.15) is 36.5 Å². The number of methoxy groups -OCH3 is 1. The number of nitrogens with one attached hydrogen (secondary N) is 1. The number of ether oxygens (including phenoxy) is 1. The molecule has 0 radical (unpaired) electrons. The second-order valence-corrected chi connectivity index (χ2v) is 5.95. The minimum absolute atomic E-state index is 0.00746. The summed E-state index contributed by atoms with van der Waals surface area (Å²) >= 11 is 0. The summed E-state index contributed by atoms with van der Waals surface area (Å²) in [5.74, 6) is -0.00746. The number of hydrogen-bond donors (Lipinski definition) is 2. The van der Waals surface area contributed by atoms with E-state index in [1.54, 1.807) is 12.0 Å². The maximum atomic E-state index is 12.5. The molecule has 1 saturated heterocycles. The number of anilines is 1. The number of piperidine rings is 1. The molecular weight excluding hydrogens is 280 g/mol. The second-order valence-electron chi connectivity index (χ2n) is 5.95. The molecule has 1 heterocycles. The number of rotatable bonds is 6. The number of aliphatic hydroxyl groups excluding tert-OH is 1. The van der Waals surface area contributed by atoms with Crippen LogP contribution >= 0.6 is 0 Å². The molecule has 122 valence electrons. The zero-order valence-corrected chi connectivity index (χ0v) is 13.4. The zero-order valence-electron chi connectivity index (χ0n) is 13.4. The molecule has 1 amide bonds. The van der Waals surface area contributed by atoms with E-state index in [2.05, 4.69) is 12.2 Å². The van der Waals surface area contributed by atoms with Crippen LogP contribution in [0.4, 0.5) is 5.69 Å². The Balaban J connectivity index is 1.99. The van der Waals surface area contributed by atoms with Gasteiger partial charge < -0.3 is 20.1 Å². The van der Waals surface area contributed by atoms with Crippen LogP contribution in [-0.2, 0) is 4.74 Å². The summed E-state index contributed by atoms with van der Waals surface area (Å²) in [7, 11) is 1.69. The summed E-state index contributed by atoms with van der Waals surface area (Å²) in [6, 6.07) is 7.84. The minimum Gasteiger partial charge on any atom is -0.391 e. The zero-order chi connectivity index (χ0) is 15.9. The summed E-state index contributed by atoms with van der Waals surface area (Å²) in [6.45, 7) is 3.95. The van der Waals surface area contributed by atoms with Crippen molar-refractivity contribution in [3.05, 3.63) is 29.8 Å². The highest BCUT2D eigenvalue weighted by atomic mass is 16.5. The normalized spacial score (nSPS) is 19.8. The first kappa shape index (κ1) is 16.8. The van der Waals surface area contributed by atoms with Gasteiger partial charge in [-0.15, -0.1) is 0 Å². The lowest BCUT2D eigenvalue weighted by Gasteiger charge is -2.30. The van der Waals surface area contributed by atoms with Gasteiger partial charge in [-0.05, 0) is 44.4 Å². The Morgan fingerprint density at radius 2 is 2.36 bits per heavy atom. The molecule has 0 aliphatic carbocycles. The third-order valence-electron chi connectivity index (χ3n) is 3.96. The van der Waals surface area contributed by atoms with Crippen molar-refractivity contribution in [3.8, 4) is 0 Å². The number of aliphatic hydroxyl groups is 1. The van der Waals surface area contributed by atoms with Crippen molar-refractivity contribution >= 4 is 11.6 Å². The number of likely N-dealkylation sites (tertiary alicyclic amines) is 1. The summed E-state index contributed by atoms with van der Waals surface area (Å²) in [6.07, 6.45) is 2.15. The smallest absolute Gasteiger partial charge is 0.254 e. The van der Waals surface area contributed by atoms with Crippen molar-refractivity contribution in [3.63, 3.8) is 0 Å². The summed E-state index contributed by atoms with van der Waals surface area (Å²) in [5, 5.41) is 13.1.